The number of hydrogen-bond acceptors (Lipinski definition) is 6. The van der Waals surface area contributed by atoms with E-state index in [0.717, 1.165) is 5.56 Å². The highest BCUT2D eigenvalue weighted by Gasteiger charge is 2.33. The minimum Gasteiger partial charge on any atom is -0.394 e. The van der Waals surface area contributed by atoms with E-state index in [0.29, 0.717) is 0 Å². The first-order chi connectivity index (χ1) is 9.47. The first kappa shape index (κ1) is 17.0. The minimum absolute atomic E-state index is 0.254. The van der Waals surface area contributed by atoms with Gasteiger partial charge in [-0.1, -0.05) is 30.3 Å². The van der Waals surface area contributed by atoms with Gasteiger partial charge < -0.3 is 30.3 Å². The van der Waals surface area contributed by atoms with Gasteiger partial charge in [-0.05, 0) is 12.5 Å². The molecule has 0 amide bonds. The number of rotatable bonds is 8. The van der Waals surface area contributed by atoms with Gasteiger partial charge in [0.25, 0.3) is 0 Å². The second-order valence-corrected chi connectivity index (χ2v) is 4.72. The molecule has 0 heterocycles. The SMILES string of the molecule is CC(OCc1ccccc1)C(O)C(O)C(O)C(O)CO. The van der Waals surface area contributed by atoms with Crippen molar-refractivity contribution in [1.82, 2.24) is 0 Å². The third-order valence-corrected chi connectivity index (χ3v) is 3.12. The molecule has 1 aromatic carbocycles. The minimum atomic E-state index is -1.64. The van der Waals surface area contributed by atoms with Crippen LogP contribution in [0.1, 0.15) is 12.5 Å². The van der Waals surface area contributed by atoms with E-state index in [-0.39, 0.29) is 6.61 Å². The lowest BCUT2D eigenvalue weighted by molar-refractivity contribution is -0.149. The van der Waals surface area contributed by atoms with E-state index >= 15 is 0 Å². The topological polar surface area (TPSA) is 110 Å². The molecule has 0 aliphatic rings. The summed E-state index contributed by atoms with van der Waals surface area (Å²) in [4.78, 5) is 0. The van der Waals surface area contributed by atoms with Gasteiger partial charge in [0.05, 0.1) is 19.3 Å². The molecule has 0 aliphatic carbocycles. The summed E-state index contributed by atoms with van der Waals surface area (Å²) in [6, 6.07) is 9.31. The van der Waals surface area contributed by atoms with E-state index in [1.807, 2.05) is 30.3 Å². The molecule has 20 heavy (non-hydrogen) atoms. The highest BCUT2D eigenvalue weighted by atomic mass is 16.5. The lowest BCUT2D eigenvalue weighted by atomic mass is 10.00. The second kappa shape index (κ2) is 8.31. The molecule has 0 bridgehead atoms. The Morgan fingerprint density at radius 2 is 1.55 bits per heavy atom. The van der Waals surface area contributed by atoms with E-state index in [9.17, 15) is 20.4 Å². The van der Waals surface area contributed by atoms with Gasteiger partial charge in [-0.3, -0.25) is 0 Å². The van der Waals surface area contributed by atoms with Crippen LogP contribution in [-0.2, 0) is 11.3 Å². The van der Waals surface area contributed by atoms with Crippen LogP contribution in [0, 0.1) is 0 Å². The number of aliphatic hydroxyl groups is 5. The number of benzene rings is 1. The van der Waals surface area contributed by atoms with Crippen LogP contribution >= 0.6 is 0 Å². The van der Waals surface area contributed by atoms with Crippen LogP contribution in [0.15, 0.2) is 30.3 Å². The predicted octanol–water partition coefficient (Wildman–Crippen LogP) is -0.972. The van der Waals surface area contributed by atoms with Gasteiger partial charge in [0.2, 0.25) is 0 Å². The molecule has 0 fully saturated rings. The summed E-state index contributed by atoms with van der Waals surface area (Å²) in [6.07, 6.45) is -6.89. The Labute approximate surface area is 117 Å². The molecule has 0 saturated carbocycles. The number of aliphatic hydroxyl groups excluding tert-OH is 5. The predicted molar refractivity (Wildman–Crippen MR) is 71.8 cm³/mol. The van der Waals surface area contributed by atoms with E-state index in [1.165, 1.54) is 0 Å². The van der Waals surface area contributed by atoms with Crippen LogP contribution in [0.2, 0.25) is 0 Å². The molecular weight excluding hydrogens is 264 g/mol. The Morgan fingerprint density at radius 1 is 0.950 bits per heavy atom. The molecule has 0 saturated heterocycles. The zero-order chi connectivity index (χ0) is 15.1. The first-order valence-corrected chi connectivity index (χ1v) is 6.46. The van der Waals surface area contributed by atoms with Crippen LogP contribution in [-0.4, -0.2) is 62.7 Å². The zero-order valence-corrected chi connectivity index (χ0v) is 11.3. The zero-order valence-electron chi connectivity index (χ0n) is 11.3. The average molecular weight is 286 g/mol. The third-order valence-electron chi connectivity index (χ3n) is 3.12. The Bertz CT molecular complexity index is 371. The summed E-state index contributed by atoms with van der Waals surface area (Å²) in [5, 5.41) is 47.0. The molecule has 1 aromatic rings. The third kappa shape index (κ3) is 4.82. The van der Waals surface area contributed by atoms with Crippen molar-refractivity contribution in [2.75, 3.05) is 6.61 Å². The number of ether oxygens (including phenoxy) is 1. The molecule has 5 unspecified atom stereocenters. The largest absolute Gasteiger partial charge is 0.394 e. The fraction of sp³-hybridized carbons (Fsp3) is 0.571. The summed E-state index contributed by atoms with van der Waals surface area (Å²) < 4.78 is 5.41. The molecule has 1 rings (SSSR count). The van der Waals surface area contributed by atoms with Crippen molar-refractivity contribution in [3.05, 3.63) is 35.9 Å². The molecular formula is C14H22O6. The maximum atomic E-state index is 9.85. The van der Waals surface area contributed by atoms with Crippen molar-refractivity contribution in [3.63, 3.8) is 0 Å². The maximum Gasteiger partial charge on any atom is 0.111 e. The molecule has 114 valence electrons. The van der Waals surface area contributed by atoms with E-state index in [4.69, 9.17) is 9.84 Å². The van der Waals surface area contributed by atoms with Gasteiger partial charge in [0.15, 0.2) is 0 Å². The van der Waals surface area contributed by atoms with Crippen molar-refractivity contribution in [1.29, 1.82) is 0 Å². The van der Waals surface area contributed by atoms with Gasteiger partial charge in [0, 0.05) is 0 Å². The van der Waals surface area contributed by atoms with E-state index in [1.54, 1.807) is 6.92 Å². The molecule has 5 atom stereocenters. The monoisotopic (exact) mass is 286 g/mol. The van der Waals surface area contributed by atoms with Crippen molar-refractivity contribution in [3.8, 4) is 0 Å². The van der Waals surface area contributed by atoms with Crippen LogP contribution < -0.4 is 0 Å². The standard InChI is InChI=1S/C14H22O6/c1-9(20-8-10-5-3-2-4-6-10)12(17)14(19)13(18)11(16)7-15/h2-6,9,11-19H,7-8H2,1H3. The van der Waals surface area contributed by atoms with Gasteiger partial charge >= 0.3 is 0 Å². The smallest absolute Gasteiger partial charge is 0.111 e. The van der Waals surface area contributed by atoms with Crippen molar-refractivity contribution < 1.29 is 30.3 Å². The molecule has 0 aliphatic heterocycles. The molecule has 0 aromatic heterocycles. The quantitative estimate of drug-likeness (QED) is 0.420. The Hall–Kier alpha value is -1.02. The van der Waals surface area contributed by atoms with Gasteiger partial charge in [0.1, 0.15) is 24.4 Å². The molecule has 5 N–H and O–H groups in total. The summed E-state index contributed by atoms with van der Waals surface area (Å²) in [5.74, 6) is 0. The molecule has 6 heteroatoms. The van der Waals surface area contributed by atoms with Crippen molar-refractivity contribution >= 4 is 0 Å². The molecule has 0 radical (unpaired) electrons. The lowest BCUT2D eigenvalue weighted by Gasteiger charge is -2.29. The van der Waals surface area contributed by atoms with Crippen LogP contribution in [0.5, 0.6) is 0 Å². The van der Waals surface area contributed by atoms with E-state index < -0.39 is 37.1 Å². The van der Waals surface area contributed by atoms with E-state index in [2.05, 4.69) is 0 Å². The lowest BCUT2D eigenvalue weighted by Crippen LogP contribution is -2.49. The average Bonchev–Trinajstić information content (AvgIpc) is 2.50. The first-order valence-electron chi connectivity index (χ1n) is 6.46. The fourth-order valence-corrected chi connectivity index (χ4v) is 1.72. The highest BCUT2D eigenvalue weighted by Crippen LogP contribution is 2.12. The summed E-state index contributed by atoms with van der Waals surface area (Å²) >= 11 is 0. The highest BCUT2D eigenvalue weighted by molar-refractivity contribution is 5.13. The second-order valence-electron chi connectivity index (χ2n) is 4.72. The summed E-state index contributed by atoms with van der Waals surface area (Å²) in [5.41, 5.74) is 0.914. The van der Waals surface area contributed by atoms with Crippen LogP contribution in [0.4, 0.5) is 0 Å². The van der Waals surface area contributed by atoms with Crippen molar-refractivity contribution in [2.45, 2.75) is 44.1 Å². The van der Waals surface area contributed by atoms with Gasteiger partial charge in [-0.25, -0.2) is 0 Å². The van der Waals surface area contributed by atoms with Crippen LogP contribution in [0.25, 0.3) is 0 Å². The summed E-state index contributed by atoms with van der Waals surface area (Å²) in [6.45, 7) is 1.10. The van der Waals surface area contributed by atoms with Gasteiger partial charge in [-0.15, -0.1) is 0 Å². The molecule has 6 nitrogen and oxygen atoms in total. The Balaban J connectivity index is 2.47. The van der Waals surface area contributed by atoms with Crippen molar-refractivity contribution in [2.24, 2.45) is 0 Å². The number of hydrogen-bond donors (Lipinski definition) is 5. The Kier molecular flexibility index (Phi) is 7.08. The van der Waals surface area contributed by atoms with Gasteiger partial charge in [-0.2, -0.15) is 0 Å². The maximum absolute atomic E-state index is 9.85. The Morgan fingerprint density at radius 3 is 2.10 bits per heavy atom. The van der Waals surface area contributed by atoms with Crippen LogP contribution in [0.3, 0.4) is 0 Å². The fourth-order valence-electron chi connectivity index (χ4n) is 1.72. The normalized spacial score (nSPS) is 19.1. The molecule has 0 spiro atoms. The summed E-state index contributed by atoms with van der Waals surface area (Å²) in [7, 11) is 0.